The number of hydrogen-bond donors (Lipinski definition) is 2. The van der Waals surface area contributed by atoms with Gasteiger partial charge in [-0.2, -0.15) is 4.98 Å². The Labute approximate surface area is 126 Å². The Morgan fingerprint density at radius 3 is 2.67 bits per heavy atom. The van der Waals surface area contributed by atoms with Gasteiger partial charge in [-0.1, -0.05) is 25.9 Å². The van der Waals surface area contributed by atoms with Gasteiger partial charge < -0.3 is 15.2 Å². The lowest BCUT2D eigenvalue weighted by Crippen LogP contribution is -2.46. The second kappa shape index (κ2) is 5.75. The van der Waals surface area contributed by atoms with Crippen molar-refractivity contribution in [2.45, 2.75) is 65.5 Å². The Bertz CT molecular complexity index is 496. The molecule has 2 heterocycles. The smallest absolute Gasteiger partial charge is 0.293 e. The summed E-state index contributed by atoms with van der Waals surface area (Å²) in [6.45, 7) is 11.4. The second-order valence-corrected chi connectivity index (χ2v) is 7.68. The monoisotopic (exact) mass is 294 g/mol. The number of rotatable bonds is 4. The molecule has 1 aliphatic rings. The highest BCUT2D eigenvalue weighted by molar-refractivity contribution is 5.90. The Balaban J connectivity index is 2.00. The van der Waals surface area contributed by atoms with Crippen molar-refractivity contribution in [3.63, 3.8) is 0 Å². The zero-order chi connectivity index (χ0) is 15.7. The molecule has 0 aromatic carbocycles. The number of carbonyl (C=O) groups is 1. The lowest BCUT2D eigenvalue weighted by atomic mass is 9.82. The molecule has 1 atom stereocenters. The molecule has 1 fully saturated rings. The highest BCUT2D eigenvalue weighted by Crippen LogP contribution is 2.27. The van der Waals surface area contributed by atoms with Gasteiger partial charge >= 0.3 is 0 Å². The summed E-state index contributed by atoms with van der Waals surface area (Å²) in [6, 6.07) is 0.0848. The fraction of sp³-hybridized carbons (Fsp3) is 0.800. The zero-order valence-corrected chi connectivity index (χ0v) is 13.6. The van der Waals surface area contributed by atoms with E-state index in [1.807, 2.05) is 13.8 Å². The molecule has 0 radical (unpaired) electrons. The first-order valence-corrected chi connectivity index (χ1v) is 7.56. The van der Waals surface area contributed by atoms with E-state index in [0.717, 1.165) is 25.8 Å². The molecule has 1 amide bonds. The summed E-state index contributed by atoms with van der Waals surface area (Å²) >= 11 is 0. The lowest BCUT2D eigenvalue weighted by Gasteiger charge is -2.32. The van der Waals surface area contributed by atoms with Crippen LogP contribution in [0.1, 0.15) is 76.4 Å². The maximum atomic E-state index is 12.3. The Hall–Kier alpha value is -1.43. The van der Waals surface area contributed by atoms with Gasteiger partial charge in [0.2, 0.25) is 5.89 Å². The summed E-state index contributed by atoms with van der Waals surface area (Å²) in [5.41, 5.74) is -0.186. The lowest BCUT2D eigenvalue weighted by molar-refractivity contribution is 0.0877. The molecule has 6 nitrogen and oxygen atoms in total. The number of carbonyl (C=O) groups excluding carboxylic acids is 1. The van der Waals surface area contributed by atoms with Crippen molar-refractivity contribution in [1.29, 1.82) is 0 Å². The number of aromatic nitrogens is 2. The van der Waals surface area contributed by atoms with Crippen LogP contribution in [-0.2, 0) is 0 Å². The number of hydrogen-bond acceptors (Lipinski definition) is 5. The predicted octanol–water partition coefficient (Wildman–Crippen LogP) is 2.44. The van der Waals surface area contributed by atoms with Crippen molar-refractivity contribution in [2.75, 3.05) is 6.54 Å². The van der Waals surface area contributed by atoms with Crippen LogP contribution in [0.3, 0.4) is 0 Å². The molecular formula is C15H26N4O2. The van der Waals surface area contributed by atoms with Gasteiger partial charge in [-0.3, -0.25) is 4.79 Å². The molecule has 1 aromatic heterocycles. The fourth-order valence-electron chi connectivity index (χ4n) is 3.10. The van der Waals surface area contributed by atoms with Gasteiger partial charge in [0.1, 0.15) is 0 Å². The van der Waals surface area contributed by atoms with Crippen LogP contribution >= 0.6 is 0 Å². The minimum atomic E-state index is -0.318. The molecular weight excluding hydrogens is 268 g/mol. The van der Waals surface area contributed by atoms with Gasteiger partial charge in [0.25, 0.3) is 11.7 Å². The van der Waals surface area contributed by atoms with E-state index >= 15 is 0 Å². The third-order valence-corrected chi connectivity index (χ3v) is 3.43. The van der Waals surface area contributed by atoms with Gasteiger partial charge in [-0.05, 0) is 45.1 Å². The molecule has 0 bridgehead atoms. The van der Waals surface area contributed by atoms with Crippen LogP contribution in [0.5, 0.6) is 0 Å². The van der Waals surface area contributed by atoms with Crippen molar-refractivity contribution in [3.05, 3.63) is 11.7 Å². The van der Waals surface area contributed by atoms with Crippen molar-refractivity contribution < 1.29 is 9.32 Å². The van der Waals surface area contributed by atoms with Crippen LogP contribution in [0.2, 0.25) is 0 Å². The van der Waals surface area contributed by atoms with Crippen molar-refractivity contribution in [3.8, 4) is 0 Å². The Morgan fingerprint density at radius 1 is 1.38 bits per heavy atom. The van der Waals surface area contributed by atoms with Crippen LogP contribution in [0.25, 0.3) is 0 Å². The normalized spacial score (nSPS) is 19.8. The maximum absolute atomic E-state index is 12.3. The van der Waals surface area contributed by atoms with Crippen molar-refractivity contribution in [2.24, 2.45) is 5.41 Å². The first-order chi connectivity index (χ1) is 9.66. The molecule has 2 N–H and O–H groups in total. The van der Waals surface area contributed by atoms with E-state index in [4.69, 9.17) is 4.52 Å². The van der Waals surface area contributed by atoms with Gasteiger partial charge in [0.15, 0.2) is 0 Å². The average molecular weight is 294 g/mol. The molecule has 0 saturated carbocycles. The molecule has 1 aromatic rings. The van der Waals surface area contributed by atoms with Gasteiger partial charge in [-0.25, -0.2) is 0 Å². The number of nitrogens with zero attached hydrogens (tertiary/aromatic N) is 2. The summed E-state index contributed by atoms with van der Waals surface area (Å²) < 4.78 is 5.20. The van der Waals surface area contributed by atoms with E-state index in [2.05, 4.69) is 41.5 Å². The van der Waals surface area contributed by atoms with Crippen LogP contribution in [0.15, 0.2) is 4.52 Å². The Kier molecular flexibility index (Phi) is 4.37. The first kappa shape index (κ1) is 15.9. The van der Waals surface area contributed by atoms with E-state index in [0.29, 0.717) is 5.89 Å². The molecule has 21 heavy (non-hydrogen) atoms. The van der Waals surface area contributed by atoms with Gasteiger partial charge in [-0.15, -0.1) is 0 Å². The van der Waals surface area contributed by atoms with Gasteiger partial charge in [0.05, 0.1) is 6.04 Å². The average Bonchev–Trinajstić information content (AvgIpc) is 2.96. The van der Waals surface area contributed by atoms with E-state index in [1.165, 1.54) is 0 Å². The van der Waals surface area contributed by atoms with Crippen molar-refractivity contribution >= 4 is 5.91 Å². The molecule has 118 valence electrons. The zero-order valence-electron chi connectivity index (χ0n) is 13.6. The summed E-state index contributed by atoms with van der Waals surface area (Å²) in [4.78, 5) is 16.5. The molecule has 2 rings (SSSR count). The molecule has 1 saturated heterocycles. The number of nitrogens with one attached hydrogen (secondary N) is 2. The third kappa shape index (κ3) is 4.52. The summed E-state index contributed by atoms with van der Waals surface area (Å²) in [6.07, 6.45) is 2.92. The first-order valence-electron chi connectivity index (χ1n) is 7.56. The highest BCUT2D eigenvalue weighted by Gasteiger charge is 2.30. The van der Waals surface area contributed by atoms with E-state index in [1.54, 1.807) is 0 Å². The second-order valence-electron chi connectivity index (χ2n) is 7.68. The Morgan fingerprint density at radius 2 is 2.10 bits per heavy atom. The maximum Gasteiger partial charge on any atom is 0.293 e. The molecule has 1 unspecified atom stereocenters. The predicted molar refractivity (Wildman–Crippen MR) is 79.9 cm³/mol. The van der Waals surface area contributed by atoms with Crippen LogP contribution in [0, 0.1) is 5.41 Å². The molecule has 1 aliphatic heterocycles. The highest BCUT2D eigenvalue weighted by atomic mass is 16.5. The summed E-state index contributed by atoms with van der Waals surface area (Å²) in [5, 5.41) is 10.1. The van der Waals surface area contributed by atoms with Gasteiger partial charge in [0, 0.05) is 5.54 Å². The molecule has 0 spiro atoms. The summed E-state index contributed by atoms with van der Waals surface area (Å²) in [7, 11) is 0. The largest absolute Gasteiger partial charge is 0.344 e. The van der Waals surface area contributed by atoms with E-state index in [9.17, 15) is 4.79 Å². The minimum absolute atomic E-state index is 0.0848. The van der Waals surface area contributed by atoms with Crippen LogP contribution < -0.4 is 10.6 Å². The van der Waals surface area contributed by atoms with Crippen molar-refractivity contribution in [1.82, 2.24) is 20.8 Å². The topological polar surface area (TPSA) is 80.0 Å². The SMILES string of the molecule is CC(C)(C)CC(C)(C)NC(=O)c1noc(C2CCCN2)n1. The van der Waals surface area contributed by atoms with Crippen LogP contribution in [0.4, 0.5) is 0 Å². The number of amides is 1. The van der Waals surface area contributed by atoms with E-state index in [-0.39, 0.29) is 28.7 Å². The molecule has 0 aliphatic carbocycles. The standard InChI is InChI=1S/C15H26N4O2/c1-14(2,3)9-15(4,5)18-12(20)11-17-13(21-19-11)10-7-6-8-16-10/h10,16H,6-9H2,1-5H3,(H,18,20). The van der Waals surface area contributed by atoms with Crippen LogP contribution in [-0.4, -0.2) is 28.1 Å². The molecule has 6 heteroatoms. The third-order valence-electron chi connectivity index (χ3n) is 3.43. The fourth-order valence-corrected chi connectivity index (χ4v) is 3.10. The minimum Gasteiger partial charge on any atom is -0.344 e. The quantitative estimate of drug-likeness (QED) is 0.891. The summed E-state index contributed by atoms with van der Waals surface area (Å²) in [5.74, 6) is 0.337. The van der Waals surface area contributed by atoms with E-state index < -0.39 is 0 Å².